The molecule has 0 spiro atoms. The Labute approximate surface area is 142 Å². The first-order valence-corrected chi connectivity index (χ1v) is 10.2. The fourth-order valence-electron chi connectivity index (χ4n) is 3.36. The minimum Gasteiger partial charge on any atom is -0.379 e. The molecule has 0 bridgehead atoms. The van der Waals surface area contributed by atoms with Crippen LogP contribution < -0.4 is 0 Å². The number of hydrogen-bond acceptors (Lipinski definition) is 6. The van der Waals surface area contributed by atoms with Gasteiger partial charge in [-0.05, 0) is 12.8 Å². The summed E-state index contributed by atoms with van der Waals surface area (Å²) in [6, 6.07) is 0. The van der Waals surface area contributed by atoms with Crippen LogP contribution >= 0.6 is 0 Å². The number of rotatable bonds is 4. The van der Waals surface area contributed by atoms with Crippen LogP contribution in [0.15, 0.2) is 11.1 Å². The number of sulfone groups is 1. The van der Waals surface area contributed by atoms with Gasteiger partial charge in [-0.15, -0.1) is 0 Å². The number of ether oxygens (including phenoxy) is 1. The molecule has 3 heterocycles. The van der Waals surface area contributed by atoms with Crippen LogP contribution in [0.5, 0.6) is 0 Å². The number of H-pyrrole nitrogens is 1. The van der Waals surface area contributed by atoms with Crippen LogP contribution in [-0.2, 0) is 19.4 Å². The van der Waals surface area contributed by atoms with Crippen LogP contribution in [0.25, 0.3) is 0 Å². The van der Waals surface area contributed by atoms with Crippen molar-refractivity contribution >= 4 is 15.7 Å². The van der Waals surface area contributed by atoms with Crippen molar-refractivity contribution in [1.29, 1.82) is 0 Å². The number of piperidine rings is 1. The van der Waals surface area contributed by atoms with Gasteiger partial charge in [-0.25, -0.2) is 8.42 Å². The van der Waals surface area contributed by atoms with Crippen molar-refractivity contribution in [3.05, 3.63) is 11.9 Å². The maximum atomic E-state index is 12.6. The van der Waals surface area contributed by atoms with Gasteiger partial charge < -0.3 is 9.64 Å². The molecule has 1 atom stereocenters. The van der Waals surface area contributed by atoms with Crippen LogP contribution in [0.3, 0.4) is 0 Å². The van der Waals surface area contributed by atoms with Crippen molar-refractivity contribution in [2.75, 3.05) is 52.2 Å². The highest BCUT2D eigenvalue weighted by molar-refractivity contribution is 7.90. The molecule has 8 nitrogen and oxygen atoms in total. The molecule has 9 heteroatoms. The summed E-state index contributed by atoms with van der Waals surface area (Å²) in [5.41, 5.74) is 0.626. The van der Waals surface area contributed by atoms with Gasteiger partial charge in [0.1, 0.15) is 4.90 Å². The molecule has 0 unspecified atom stereocenters. The summed E-state index contributed by atoms with van der Waals surface area (Å²) in [5.74, 6) is 0.0848. The quantitative estimate of drug-likeness (QED) is 0.806. The normalized spacial score (nSPS) is 23.4. The van der Waals surface area contributed by atoms with E-state index in [2.05, 4.69) is 15.1 Å². The number of likely N-dealkylation sites (tertiary alicyclic amines) is 1. The molecule has 0 radical (unpaired) electrons. The zero-order valence-corrected chi connectivity index (χ0v) is 14.7. The average molecular weight is 356 g/mol. The molecule has 24 heavy (non-hydrogen) atoms. The molecule has 134 valence electrons. The molecule has 1 aromatic rings. The standard InChI is InChI=1S/C15H24N4O4S/c1-24(21,22)13-9-16-17-15(13)12-3-2-4-19(10-12)14(20)11-18-5-7-23-8-6-18/h9,12H,2-8,10-11H2,1H3,(H,16,17)/t12-/m1/s1. The number of morpholine rings is 1. The number of nitrogens with zero attached hydrogens (tertiary/aromatic N) is 3. The van der Waals surface area contributed by atoms with Crippen LogP contribution in [0.1, 0.15) is 24.5 Å². The summed E-state index contributed by atoms with van der Waals surface area (Å²) in [7, 11) is -3.32. The van der Waals surface area contributed by atoms with Crippen LogP contribution in [0, 0.1) is 0 Å². The molecule has 1 amide bonds. The maximum absolute atomic E-state index is 12.6. The predicted octanol–water partition coefficient (Wildman–Crippen LogP) is -0.149. The lowest BCUT2D eigenvalue weighted by molar-refractivity contribution is -0.134. The van der Waals surface area contributed by atoms with Crippen LogP contribution in [0.2, 0.25) is 0 Å². The zero-order valence-electron chi connectivity index (χ0n) is 13.9. The van der Waals surface area contributed by atoms with E-state index < -0.39 is 9.84 Å². The predicted molar refractivity (Wildman–Crippen MR) is 87.5 cm³/mol. The highest BCUT2D eigenvalue weighted by Gasteiger charge is 2.30. The van der Waals surface area contributed by atoms with Gasteiger partial charge in [0.25, 0.3) is 0 Å². The highest BCUT2D eigenvalue weighted by atomic mass is 32.2. The van der Waals surface area contributed by atoms with E-state index in [9.17, 15) is 13.2 Å². The first-order valence-electron chi connectivity index (χ1n) is 8.26. The van der Waals surface area contributed by atoms with Gasteiger partial charge in [-0.2, -0.15) is 5.10 Å². The van der Waals surface area contributed by atoms with E-state index in [4.69, 9.17) is 4.74 Å². The van der Waals surface area contributed by atoms with Gasteiger partial charge in [-0.3, -0.25) is 14.8 Å². The summed E-state index contributed by atoms with van der Waals surface area (Å²) < 4.78 is 29.1. The number of carbonyl (C=O) groups is 1. The third-order valence-electron chi connectivity index (χ3n) is 4.68. The molecule has 2 aliphatic heterocycles. The van der Waals surface area contributed by atoms with E-state index in [-0.39, 0.29) is 16.7 Å². The zero-order chi connectivity index (χ0) is 17.2. The second-order valence-electron chi connectivity index (χ2n) is 6.49. The van der Waals surface area contributed by atoms with Crippen molar-refractivity contribution in [2.45, 2.75) is 23.7 Å². The maximum Gasteiger partial charge on any atom is 0.236 e. The summed E-state index contributed by atoms with van der Waals surface area (Å²) in [6.07, 6.45) is 4.26. The van der Waals surface area contributed by atoms with Gasteiger partial charge in [0.2, 0.25) is 5.91 Å². The van der Waals surface area contributed by atoms with Gasteiger partial charge in [0.05, 0.1) is 31.6 Å². The Morgan fingerprint density at radius 3 is 2.83 bits per heavy atom. The average Bonchev–Trinajstić information content (AvgIpc) is 3.06. The van der Waals surface area contributed by atoms with Crippen molar-refractivity contribution in [1.82, 2.24) is 20.0 Å². The minimum atomic E-state index is -3.32. The number of aromatic amines is 1. The van der Waals surface area contributed by atoms with Crippen LogP contribution in [-0.4, -0.2) is 86.5 Å². The van der Waals surface area contributed by atoms with Crippen molar-refractivity contribution in [2.24, 2.45) is 0 Å². The fourth-order valence-corrected chi connectivity index (χ4v) is 4.22. The molecule has 3 rings (SSSR count). The smallest absolute Gasteiger partial charge is 0.236 e. The first kappa shape index (κ1) is 17.4. The molecule has 2 fully saturated rings. The second kappa shape index (κ2) is 7.20. The van der Waals surface area contributed by atoms with Crippen molar-refractivity contribution in [3.63, 3.8) is 0 Å². The number of hydrogen-bond donors (Lipinski definition) is 1. The second-order valence-corrected chi connectivity index (χ2v) is 8.47. The van der Waals surface area contributed by atoms with Gasteiger partial charge >= 0.3 is 0 Å². The summed E-state index contributed by atoms with van der Waals surface area (Å²) in [6.45, 7) is 4.56. The van der Waals surface area contributed by atoms with E-state index in [0.29, 0.717) is 32.0 Å². The van der Waals surface area contributed by atoms with Crippen molar-refractivity contribution in [3.8, 4) is 0 Å². The third-order valence-corrected chi connectivity index (χ3v) is 5.80. The Bertz CT molecular complexity index is 681. The lowest BCUT2D eigenvalue weighted by Gasteiger charge is -2.35. The largest absolute Gasteiger partial charge is 0.379 e. The SMILES string of the molecule is CS(=O)(=O)c1cn[nH]c1[C@@H]1CCCN(C(=O)CN2CCOCC2)C1. The summed E-state index contributed by atoms with van der Waals surface area (Å²) in [4.78, 5) is 16.8. The van der Waals surface area contributed by atoms with E-state index in [1.807, 2.05) is 4.90 Å². The molecular formula is C15H24N4O4S. The molecule has 0 aromatic carbocycles. The minimum absolute atomic E-state index is 0.0142. The number of amides is 1. The molecule has 2 saturated heterocycles. The van der Waals surface area contributed by atoms with E-state index in [0.717, 1.165) is 32.5 Å². The molecular weight excluding hydrogens is 332 g/mol. The van der Waals surface area contributed by atoms with Crippen molar-refractivity contribution < 1.29 is 17.9 Å². The highest BCUT2D eigenvalue weighted by Crippen LogP contribution is 2.29. The summed E-state index contributed by atoms with van der Waals surface area (Å²) in [5, 5.41) is 6.73. The molecule has 0 saturated carbocycles. The van der Waals surface area contributed by atoms with E-state index >= 15 is 0 Å². The van der Waals surface area contributed by atoms with E-state index in [1.54, 1.807) is 0 Å². The summed E-state index contributed by atoms with van der Waals surface area (Å²) >= 11 is 0. The number of nitrogens with one attached hydrogen (secondary N) is 1. The Hall–Kier alpha value is -1.45. The van der Waals surface area contributed by atoms with Crippen LogP contribution in [0.4, 0.5) is 0 Å². The van der Waals surface area contributed by atoms with Gasteiger partial charge in [-0.1, -0.05) is 0 Å². The number of carbonyl (C=O) groups excluding carboxylic acids is 1. The third kappa shape index (κ3) is 3.96. The monoisotopic (exact) mass is 356 g/mol. The molecule has 2 aliphatic rings. The lowest BCUT2D eigenvalue weighted by atomic mass is 9.95. The first-order chi connectivity index (χ1) is 11.4. The lowest BCUT2D eigenvalue weighted by Crippen LogP contribution is -2.47. The Kier molecular flexibility index (Phi) is 5.21. The molecule has 0 aliphatic carbocycles. The van der Waals surface area contributed by atoms with Gasteiger partial charge in [0.15, 0.2) is 9.84 Å². The topological polar surface area (TPSA) is 95.6 Å². The molecule has 1 N–H and O–H groups in total. The van der Waals surface area contributed by atoms with Gasteiger partial charge in [0, 0.05) is 38.4 Å². The Balaban J connectivity index is 1.66. The Morgan fingerprint density at radius 1 is 1.38 bits per heavy atom. The van der Waals surface area contributed by atoms with E-state index in [1.165, 1.54) is 12.5 Å². The Morgan fingerprint density at radius 2 is 2.12 bits per heavy atom. The molecule has 1 aromatic heterocycles. The number of aromatic nitrogens is 2. The fraction of sp³-hybridized carbons (Fsp3) is 0.733.